The molecule has 0 radical (unpaired) electrons. The van der Waals surface area contributed by atoms with E-state index in [2.05, 4.69) is 34.8 Å². The van der Waals surface area contributed by atoms with E-state index in [1.807, 2.05) is 11.8 Å². The lowest BCUT2D eigenvalue weighted by Crippen LogP contribution is -2.48. The first-order valence-corrected chi connectivity index (χ1v) is 9.81. The summed E-state index contributed by atoms with van der Waals surface area (Å²) >= 11 is 0. The molecule has 0 N–H and O–H groups in total. The number of piperidine rings is 2. The Labute approximate surface area is 151 Å². The molecule has 0 saturated carbocycles. The van der Waals surface area contributed by atoms with Crippen molar-refractivity contribution in [2.45, 2.75) is 57.9 Å². The van der Waals surface area contributed by atoms with Crippen molar-refractivity contribution in [2.24, 2.45) is 13.0 Å². The van der Waals surface area contributed by atoms with Gasteiger partial charge in [-0.15, -0.1) is 0 Å². The van der Waals surface area contributed by atoms with Gasteiger partial charge in [-0.2, -0.15) is 0 Å². The molecule has 25 heavy (non-hydrogen) atoms. The van der Waals surface area contributed by atoms with Gasteiger partial charge in [0.1, 0.15) is 0 Å². The van der Waals surface area contributed by atoms with E-state index < -0.39 is 0 Å². The molecule has 2 fully saturated rings. The predicted molar refractivity (Wildman–Crippen MR) is 97.9 cm³/mol. The molecule has 0 aliphatic carbocycles. The van der Waals surface area contributed by atoms with Crippen LogP contribution in [0.2, 0.25) is 0 Å². The van der Waals surface area contributed by atoms with Crippen LogP contribution in [-0.2, 0) is 16.6 Å². The Balaban J connectivity index is 1.71. The summed E-state index contributed by atoms with van der Waals surface area (Å²) in [7, 11) is 2.05. The third-order valence-electron chi connectivity index (χ3n) is 5.70. The largest absolute Gasteiger partial charge is 0.353 e. The van der Waals surface area contributed by atoms with E-state index in [9.17, 15) is 9.59 Å². The molecule has 2 atom stereocenters. The Hall–Kier alpha value is -1.78. The molecule has 3 rings (SSSR count). The van der Waals surface area contributed by atoms with Crippen LogP contribution in [0.25, 0.3) is 0 Å². The van der Waals surface area contributed by atoms with Crippen LogP contribution in [0, 0.1) is 5.92 Å². The van der Waals surface area contributed by atoms with Gasteiger partial charge in [0.05, 0.1) is 12.0 Å². The minimum absolute atomic E-state index is 0.0320. The second kappa shape index (κ2) is 8.07. The highest BCUT2D eigenvalue weighted by molar-refractivity contribution is 5.82. The molecular formula is C20H31N3O2. The molecule has 1 aromatic heterocycles. The molecule has 5 heteroatoms. The summed E-state index contributed by atoms with van der Waals surface area (Å²) < 4.78 is 2.13. The second-order valence-corrected chi connectivity index (χ2v) is 7.52. The van der Waals surface area contributed by atoms with Crippen LogP contribution >= 0.6 is 0 Å². The van der Waals surface area contributed by atoms with Gasteiger partial charge in [0, 0.05) is 45.0 Å². The Morgan fingerprint density at radius 3 is 2.72 bits per heavy atom. The summed E-state index contributed by atoms with van der Waals surface area (Å²) in [5, 5.41) is 0. The van der Waals surface area contributed by atoms with E-state index in [1.54, 1.807) is 0 Å². The molecule has 2 aliphatic rings. The molecule has 2 saturated heterocycles. The van der Waals surface area contributed by atoms with Gasteiger partial charge in [0.15, 0.2) is 0 Å². The first-order chi connectivity index (χ1) is 12.1. The van der Waals surface area contributed by atoms with Crippen LogP contribution in [0.3, 0.4) is 0 Å². The van der Waals surface area contributed by atoms with Gasteiger partial charge in [-0.3, -0.25) is 9.59 Å². The van der Waals surface area contributed by atoms with Crippen molar-refractivity contribution in [3.63, 3.8) is 0 Å². The number of nitrogens with zero attached hydrogens (tertiary/aromatic N) is 3. The van der Waals surface area contributed by atoms with Crippen LogP contribution in [-0.4, -0.2) is 45.8 Å². The van der Waals surface area contributed by atoms with Crippen molar-refractivity contribution < 1.29 is 9.59 Å². The van der Waals surface area contributed by atoms with Crippen molar-refractivity contribution in [2.75, 3.05) is 19.6 Å². The number of rotatable bonds is 4. The summed E-state index contributed by atoms with van der Waals surface area (Å²) in [4.78, 5) is 29.5. The van der Waals surface area contributed by atoms with E-state index in [4.69, 9.17) is 0 Å². The number of aromatic nitrogens is 1. The number of carbonyl (C=O) groups excluding carboxylic acids is 2. The zero-order valence-electron chi connectivity index (χ0n) is 15.6. The van der Waals surface area contributed by atoms with Gasteiger partial charge >= 0.3 is 0 Å². The molecule has 138 valence electrons. The summed E-state index contributed by atoms with van der Waals surface area (Å²) in [5.41, 5.74) is 1.22. The number of carbonyl (C=O) groups is 2. The van der Waals surface area contributed by atoms with Gasteiger partial charge in [0.25, 0.3) is 0 Å². The number of likely N-dealkylation sites (tertiary alicyclic amines) is 2. The highest BCUT2D eigenvalue weighted by Gasteiger charge is 2.36. The van der Waals surface area contributed by atoms with Crippen LogP contribution in [0.15, 0.2) is 18.3 Å². The highest BCUT2D eigenvalue weighted by Crippen LogP contribution is 2.33. The molecule has 0 aromatic carbocycles. The maximum absolute atomic E-state index is 13.3. The normalized spacial score (nSPS) is 24.4. The van der Waals surface area contributed by atoms with Gasteiger partial charge in [-0.1, -0.05) is 6.92 Å². The monoisotopic (exact) mass is 345 g/mol. The number of aryl methyl sites for hydroxylation is 1. The molecule has 5 nitrogen and oxygen atoms in total. The zero-order chi connectivity index (χ0) is 17.8. The van der Waals surface area contributed by atoms with Crippen molar-refractivity contribution in [1.29, 1.82) is 0 Å². The Bertz CT molecular complexity index is 610. The molecule has 1 aromatic rings. The van der Waals surface area contributed by atoms with Crippen LogP contribution < -0.4 is 0 Å². The first kappa shape index (κ1) is 18.0. The number of amides is 2. The average Bonchev–Trinajstić information content (AvgIpc) is 3.07. The van der Waals surface area contributed by atoms with Crippen LogP contribution in [0.5, 0.6) is 0 Å². The smallest absolute Gasteiger partial charge is 0.228 e. The SMILES string of the molecule is CCCC(=O)N1CCCC(C(=O)N2CCCCC2c2cccn2C)C1. The fourth-order valence-corrected chi connectivity index (χ4v) is 4.34. The lowest BCUT2D eigenvalue weighted by atomic mass is 9.92. The minimum atomic E-state index is -0.0320. The molecule has 2 aliphatic heterocycles. The zero-order valence-corrected chi connectivity index (χ0v) is 15.6. The van der Waals surface area contributed by atoms with Gasteiger partial charge < -0.3 is 14.4 Å². The molecule has 3 heterocycles. The summed E-state index contributed by atoms with van der Waals surface area (Å²) in [6, 6.07) is 4.37. The van der Waals surface area contributed by atoms with Crippen molar-refractivity contribution in [3.05, 3.63) is 24.0 Å². The minimum Gasteiger partial charge on any atom is -0.353 e. The Kier molecular flexibility index (Phi) is 5.82. The summed E-state index contributed by atoms with van der Waals surface area (Å²) in [5.74, 6) is 0.424. The lowest BCUT2D eigenvalue weighted by molar-refractivity contribution is -0.144. The second-order valence-electron chi connectivity index (χ2n) is 7.52. The third kappa shape index (κ3) is 3.91. The van der Waals surface area contributed by atoms with Gasteiger partial charge in [-0.05, 0) is 50.7 Å². The van der Waals surface area contributed by atoms with Crippen molar-refractivity contribution in [1.82, 2.24) is 14.4 Å². The standard InChI is InChI=1S/C20H31N3O2/c1-3-8-19(24)22-13-6-9-16(15-22)20(25)23-14-5-4-10-18(23)17-11-7-12-21(17)2/h7,11-12,16,18H,3-6,8-10,13-15H2,1-2H3. The first-order valence-electron chi connectivity index (χ1n) is 9.81. The summed E-state index contributed by atoms with van der Waals surface area (Å²) in [6.45, 7) is 4.29. The molecule has 2 amide bonds. The average molecular weight is 345 g/mol. The molecule has 0 bridgehead atoms. The summed E-state index contributed by atoms with van der Waals surface area (Å²) in [6.07, 6.45) is 8.66. The third-order valence-corrected chi connectivity index (χ3v) is 5.70. The fourth-order valence-electron chi connectivity index (χ4n) is 4.34. The van der Waals surface area contributed by atoms with Crippen molar-refractivity contribution >= 4 is 11.8 Å². The van der Waals surface area contributed by atoms with E-state index >= 15 is 0 Å². The molecule has 2 unspecified atom stereocenters. The predicted octanol–water partition coefficient (Wildman–Crippen LogP) is 3.12. The lowest BCUT2D eigenvalue weighted by Gasteiger charge is -2.40. The van der Waals surface area contributed by atoms with Crippen molar-refractivity contribution in [3.8, 4) is 0 Å². The highest BCUT2D eigenvalue weighted by atomic mass is 16.2. The Morgan fingerprint density at radius 2 is 2.00 bits per heavy atom. The Morgan fingerprint density at radius 1 is 1.16 bits per heavy atom. The van der Waals surface area contributed by atoms with E-state index in [-0.39, 0.29) is 23.8 Å². The topological polar surface area (TPSA) is 45.6 Å². The maximum atomic E-state index is 13.3. The van der Waals surface area contributed by atoms with Crippen LogP contribution in [0.4, 0.5) is 0 Å². The molecule has 0 spiro atoms. The van der Waals surface area contributed by atoms with Gasteiger partial charge in [-0.25, -0.2) is 0 Å². The van der Waals surface area contributed by atoms with E-state index in [0.29, 0.717) is 13.0 Å². The number of hydrogen-bond acceptors (Lipinski definition) is 2. The molecular weight excluding hydrogens is 314 g/mol. The number of hydrogen-bond donors (Lipinski definition) is 0. The quantitative estimate of drug-likeness (QED) is 0.842. The van der Waals surface area contributed by atoms with E-state index in [0.717, 1.165) is 45.2 Å². The maximum Gasteiger partial charge on any atom is 0.228 e. The van der Waals surface area contributed by atoms with Gasteiger partial charge in [0.2, 0.25) is 11.8 Å². The fraction of sp³-hybridized carbons (Fsp3) is 0.700. The van der Waals surface area contributed by atoms with Crippen LogP contribution in [0.1, 0.15) is 63.6 Å². The van der Waals surface area contributed by atoms with E-state index in [1.165, 1.54) is 12.1 Å².